The normalized spacial score (nSPS) is 16.6. The number of hydrogen-bond donors (Lipinski definition) is 1. The Morgan fingerprint density at radius 3 is 2.83 bits per heavy atom. The van der Waals surface area contributed by atoms with Gasteiger partial charge in [-0.15, -0.1) is 0 Å². The van der Waals surface area contributed by atoms with Crippen LogP contribution >= 0.6 is 0 Å². The molecule has 2 N–H and O–H groups in total. The average Bonchev–Trinajstić information content (AvgIpc) is 3.34. The second-order valence-corrected chi connectivity index (χ2v) is 6.24. The van der Waals surface area contributed by atoms with Crippen molar-refractivity contribution < 1.29 is 4.52 Å². The lowest BCUT2D eigenvalue weighted by Crippen LogP contribution is -2.34. The van der Waals surface area contributed by atoms with Gasteiger partial charge in [0.05, 0.1) is 23.0 Å². The zero-order valence-electron chi connectivity index (χ0n) is 13.6. The summed E-state index contributed by atoms with van der Waals surface area (Å²) in [5.74, 6) is 1.84. The lowest BCUT2D eigenvalue weighted by atomic mass is 9.99. The fraction of sp³-hybridized carbons (Fsp3) is 0.412. The van der Waals surface area contributed by atoms with Crippen molar-refractivity contribution in [3.8, 4) is 17.3 Å². The van der Waals surface area contributed by atoms with Gasteiger partial charge in [-0.25, -0.2) is 9.67 Å². The Labute approximate surface area is 139 Å². The molecular weight excluding hydrogens is 304 g/mol. The highest BCUT2D eigenvalue weighted by molar-refractivity contribution is 5.56. The minimum atomic E-state index is -0.453. The molecule has 1 fully saturated rings. The molecule has 0 bridgehead atoms. The van der Waals surface area contributed by atoms with Gasteiger partial charge < -0.3 is 10.3 Å². The van der Waals surface area contributed by atoms with E-state index < -0.39 is 5.54 Å². The van der Waals surface area contributed by atoms with E-state index in [9.17, 15) is 0 Å². The number of nitrogens with two attached hydrogens (primary N) is 1. The summed E-state index contributed by atoms with van der Waals surface area (Å²) in [6.07, 6.45) is 8.30. The lowest BCUT2D eigenvalue weighted by Gasteiger charge is -2.17. The van der Waals surface area contributed by atoms with E-state index in [1.54, 1.807) is 12.4 Å². The molecule has 1 aliphatic carbocycles. The second-order valence-electron chi connectivity index (χ2n) is 6.24. The van der Waals surface area contributed by atoms with Crippen LogP contribution in [0.15, 0.2) is 35.1 Å². The van der Waals surface area contributed by atoms with E-state index >= 15 is 0 Å². The van der Waals surface area contributed by atoms with Crippen molar-refractivity contribution in [1.82, 2.24) is 24.9 Å². The van der Waals surface area contributed by atoms with Crippen LogP contribution in [-0.4, -0.2) is 24.9 Å². The van der Waals surface area contributed by atoms with Crippen molar-refractivity contribution in [3.63, 3.8) is 0 Å². The quantitative estimate of drug-likeness (QED) is 0.792. The van der Waals surface area contributed by atoms with Crippen LogP contribution in [-0.2, 0) is 12.0 Å². The molecule has 1 saturated carbocycles. The molecule has 1 aliphatic rings. The van der Waals surface area contributed by atoms with Gasteiger partial charge in [0.1, 0.15) is 0 Å². The van der Waals surface area contributed by atoms with E-state index in [1.807, 2.05) is 22.9 Å². The molecule has 0 aromatic carbocycles. The van der Waals surface area contributed by atoms with E-state index in [1.165, 1.54) is 0 Å². The smallest absolute Gasteiger partial charge is 0.261 e. The number of rotatable bonds is 4. The maximum Gasteiger partial charge on any atom is 0.261 e. The van der Waals surface area contributed by atoms with Crippen LogP contribution in [0.25, 0.3) is 17.3 Å². The van der Waals surface area contributed by atoms with Crippen LogP contribution < -0.4 is 5.73 Å². The van der Waals surface area contributed by atoms with Crippen LogP contribution in [0.1, 0.15) is 44.1 Å². The fourth-order valence-electron chi connectivity index (χ4n) is 3.33. The van der Waals surface area contributed by atoms with Gasteiger partial charge >= 0.3 is 0 Å². The maximum atomic E-state index is 6.42. The van der Waals surface area contributed by atoms with E-state index in [4.69, 9.17) is 10.3 Å². The molecule has 0 amide bonds. The first kappa shape index (κ1) is 15.0. The van der Waals surface area contributed by atoms with Crippen molar-refractivity contribution >= 4 is 0 Å². The summed E-state index contributed by atoms with van der Waals surface area (Å²) in [5, 5.41) is 8.59. The third-order valence-corrected chi connectivity index (χ3v) is 4.67. The lowest BCUT2D eigenvalue weighted by molar-refractivity contribution is 0.372. The Balaban J connectivity index is 1.73. The maximum absolute atomic E-state index is 6.42. The Kier molecular flexibility index (Phi) is 3.65. The first-order valence-corrected chi connectivity index (χ1v) is 8.33. The second kappa shape index (κ2) is 5.83. The molecule has 24 heavy (non-hydrogen) atoms. The van der Waals surface area contributed by atoms with E-state index in [0.29, 0.717) is 11.7 Å². The number of hydrogen-bond acceptors (Lipinski definition) is 6. The van der Waals surface area contributed by atoms with Gasteiger partial charge in [-0.1, -0.05) is 31.0 Å². The molecule has 0 saturated heterocycles. The molecule has 0 unspecified atom stereocenters. The largest absolute Gasteiger partial charge is 0.334 e. The third-order valence-electron chi connectivity index (χ3n) is 4.67. The Hall–Kier alpha value is -2.54. The minimum absolute atomic E-state index is 0.453. The number of pyridine rings is 1. The summed E-state index contributed by atoms with van der Waals surface area (Å²) in [6, 6.07) is 5.74. The van der Waals surface area contributed by atoms with Crippen molar-refractivity contribution in [3.05, 3.63) is 42.1 Å². The van der Waals surface area contributed by atoms with Gasteiger partial charge in [0.25, 0.3) is 5.89 Å². The van der Waals surface area contributed by atoms with Crippen molar-refractivity contribution in [1.29, 1.82) is 0 Å². The summed E-state index contributed by atoms with van der Waals surface area (Å²) in [4.78, 5) is 8.93. The van der Waals surface area contributed by atoms with Gasteiger partial charge in [-0.05, 0) is 31.4 Å². The highest BCUT2D eigenvalue weighted by Crippen LogP contribution is 2.35. The first-order valence-electron chi connectivity index (χ1n) is 8.33. The van der Waals surface area contributed by atoms with Gasteiger partial charge in [0.15, 0.2) is 11.6 Å². The van der Waals surface area contributed by atoms with Crippen molar-refractivity contribution in [2.75, 3.05) is 0 Å². The Morgan fingerprint density at radius 1 is 1.29 bits per heavy atom. The molecule has 0 aliphatic heterocycles. The SMILES string of the molecule is CCc1c(-c2nc(C3(N)CCCC3)no2)cnn1-c1ccccn1. The molecule has 7 nitrogen and oxygen atoms in total. The topological polar surface area (TPSA) is 95.6 Å². The molecular formula is C17H20N6O. The fourth-order valence-corrected chi connectivity index (χ4v) is 3.33. The molecule has 0 radical (unpaired) electrons. The van der Waals surface area contributed by atoms with Gasteiger partial charge in [0, 0.05) is 6.20 Å². The molecule has 3 aromatic rings. The van der Waals surface area contributed by atoms with E-state index in [2.05, 4.69) is 27.1 Å². The van der Waals surface area contributed by atoms with Crippen LogP contribution in [0, 0.1) is 0 Å². The molecule has 4 rings (SSSR count). The standard InChI is InChI=1S/C17H20N6O/c1-2-13-12(11-20-23(13)14-7-3-6-10-19-14)15-21-16(22-24-15)17(18)8-4-5-9-17/h3,6-7,10-11H,2,4-5,8-9,18H2,1H3. The van der Waals surface area contributed by atoms with Crippen LogP contribution in [0.3, 0.4) is 0 Å². The van der Waals surface area contributed by atoms with Crippen LogP contribution in [0.4, 0.5) is 0 Å². The minimum Gasteiger partial charge on any atom is -0.334 e. The summed E-state index contributed by atoms with van der Waals surface area (Å²) in [7, 11) is 0. The summed E-state index contributed by atoms with van der Waals surface area (Å²) in [6.45, 7) is 2.07. The first-order chi connectivity index (χ1) is 11.7. The van der Waals surface area contributed by atoms with Crippen LogP contribution in [0.2, 0.25) is 0 Å². The predicted molar refractivity (Wildman–Crippen MR) is 88.4 cm³/mol. The third kappa shape index (κ3) is 2.41. The Bertz CT molecular complexity index is 832. The molecule has 7 heteroatoms. The molecule has 3 aromatic heterocycles. The summed E-state index contributed by atoms with van der Waals surface area (Å²) < 4.78 is 7.32. The number of aromatic nitrogens is 5. The van der Waals surface area contributed by atoms with E-state index in [0.717, 1.165) is 49.2 Å². The summed E-state index contributed by atoms with van der Waals surface area (Å²) in [5.41, 5.74) is 7.79. The zero-order valence-corrected chi connectivity index (χ0v) is 13.6. The summed E-state index contributed by atoms with van der Waals surface area (Å²) >= 11 is 0. The Morgan fingerprint density at radius 2 is 2.12 bits per heavy atom. The van der Waals surface area contributed by atoms with Crippen molar-refractivity contribution in [2.24, 2.45) is 5.73 Å². The average molecular weight is 324 g/mol. The molecule has 124 valence electrons. The highest BCUT2D eigenvalue weighted by atomic mass is 16.5. The zero-order chi connectivity index (χ0) is 16.6. The van der Waals surface area contributed by atoms with E-state index in [-0.39, 0.29) is 0 Å². The highest BCUT2D eigenvalue weighted by Gasteiger charge is 2.36. The molecule has 0 spiro atoms. The monoisotopic (exact) mass is 324 g/mol. The predicted octanol–water partition coefficient (Wildman–Crippen LogP) is 2.61. The molecule has 3 heterocycles. The van der Waals surface area contributed by atoms with Crippen molar-refractivity contribution in [2.45, 2.75) is 44.6 Å². The van der Waals surface area contributed by atoms with Gasteiger partial charge in [0.2, 0.25) is 0 Å². The van der Waals surface area contributed by atoms with Crippen LogP contribution in [0.5, 0.6) is 0 Å². The van der Waals surface area contributed by atoms with Gasteiger partial charge in [-0.3, -0.25) is 0 Å². The van der Waals surface area contributed by atoms with Gasteiger partial charge in [-0.2, -0.15) is 10.1 Å². The number of nitrogens with zero attached hydrogens (tertiary/aromatic N) is 5. The molecule has 0 atom stereocenters.